The highest BCUT2D eigenvalue weighted by Gasteiger charge is 2.09. The van der Waals surface area contributed by atoms with E-state index < -0.39 is 17.9 Å². The summed E-state index contributed by atoms with van der Waals surface area (Å²) in [5, 5.41) is 13.0. The Bertz CT molecular complexity index is 725. The quantitative estimate of drug-likeness (QED) is 0.463. The summed E-state index contributed by atoms with van der Waals surface area (Å²) in [6.07, 6.45) is -0.746. The van der Waals surface area contributed by atoms with E-state index >= 15 is 0 Å². The highest BCUT2D eigenvalue weighted by molar-refractivity contribution is 5.89. The van der Waals surface area contributed by atoms with Crippen LogP contribution in [0.3, 0.4) is 0 Å². The van der Waals surface area contributed by atoms with Crippen LogP contribution in [0.1, 0.15) is 17.3 Å². The molecular weight excluding hydrogens is 353 g/mol. The van der Waals surface area contributed by atoms with Crippen molar-refractivity contribution >= 4 is 5.97 Å². The van der Waals surface area contributed by atoms with Crippen LogP contribution in [0.15, 0.2) is 48.5 Å². The second kappa shape index (κ2) is 11.2. The van der Waals surface area contributed by atoms with Gasteiger partial charge in [0.2, 0.25) is 0 Å². The Balaban J connectivity index is 1.65. The van der Waals surface area contributed by atoms with Crippen LogP contribution in [-0.2, 0) is 4.74 Å². The molecule has 0 aliphatic carbocycles. The molecule has 0 saturated heterocycles. The van der Waals surface area contributed by atoms with Gasteiger partial charge in [-0.25, -0.2) is 9.18 Å². The van der Waals surface area contributed by atoms with Crippen molar-refractivity contribution in [2.45, 2.75) is 13.0 Å². The first kappa shape index (κ1) is 20.7. The molecule has 27 heavy (non-hydrogen) atoms. The lowest BCUT2D eigenvalue weighted by atomic mass is 10.2. The van der Waals surface area contributed by atoms with Gasteiger partial charge in [0.1, 0.15) is 25.1 Å². The Morgan fingerprint density at radius 1 is 1.19 bits per heavy atom. The zero-order valence-electron chi connectivity index (χ0n) is 15.2. The molecule has 0 unspecified atom stereocenters. The van der Waals surface area contributed by atoms with Crippen molar-refractivity contribution in [3.63, 3.8) is 0 Å². The average Bonchev–Trinajstić information content (AvgIpc) is 2.68. The molecule has 1 atom stereocenters. The number of ether oxygens (including phenoxy) is 3. The number of hydrogen-bond donors (Lipinski definition) is 2. The summed E-state index contributed by atoms with van der Waals surface area (Å²) in [6.45, 7) is 3.11. The van der Waals surface area contributed by atoms with E-state index in [1.807, 2.05) is 0 Å². The molecule has 0 bridgehead atoms. The van der Waals surface area contributed by atoms with Gasteiger partial charge in [0.15, 0.2) is 11.6 Å². The van der Waals surface area contributed by atoms with Crippen LogP contribution in [0.4, 0.5) is 4.39 Å². The molecule has 0 amide bonds. The normalized spacial score (nSPS) is 11.7. The van der Waals surface area contributed by atoms with Crippen LogP contribution in [0, 0.1) is 5.82 Å². The maximum absolute atomic E-state index is 13.4. The Morgan fingerprint density at radius 3 is 2.78 bits per heavy atom. The van der Waals surface area contributed by atoms with Gasteiger partial charge in [0.25, 0.3) is 0 Å². The summed E-state index contributed by atoms with van der Waals surface area (Å²) in [6, 6.07) is 12.8. The zero-order chi connectivity index (χ0) is 19.5. The lowest BCUT2D eigenvalue weighted by Crippen LogP contribution is -2.33. The number of benzene rings is 2. The fraction of sp³-hybridized carbons (Fsp3) is 0.350. The number of halogens is 1. The molecule has 0 fully saturated rings. The van der Waals surface area contributed by atoms with Crippen molar-refractivity contribution in [2.75, 3.05) is 32.9 Å². The van der Waals surface area contributed by atoms with E-state index in [0.29, 0.717) is 24.5 Å². The second-order valence-corrected chi connectivity index (χ2v) is 5.70. The van der Waals surface area contributed by atoms with E-state index in [-0.39, 0.29) is 25.5 Å². The molecule has 0 radical (unpaired) electrons. The maximum Gasteiger partial charge on any atom is 0.338 e. The minimum atomic E-state index is -0.746. The van der Waals surface area contributed by atoms with Gasteiger partial charge < -0.3 is 24.6 Å². The van der Waals surface area contributed by atoms with E-state index in [0.717, 1.165) is 0 Å². The van der Waals surface area contributed by atoms with Crippen molar-refractivity contribution in [1.29, 1.82) is 0 Å². The Kier molecular flexibility index (Phi) is 8.54. The number of carbonyl (C=O) groups excluding carboxylic acids is 1. The van der Waals surface area contributed by atoms with Crippen molar-refractivity contribution in [2.24, 2.45) is 0 Å². The molecule has 0 aliphatic rings. The summed E-state index contributed by atoms with van der Waals surface area (Å²) in [5.74, 6) is -0.150. The van der Waals surface area contributed by atoms with Crippen molar-refractivity contribution in [3.8, 4) is 11.5 Å². The first-order chi connectivity index (χ1) is 13.1. The van der Waals surface area contributed by atoms with Crippen LogP contribution in [0.25, 0.3) is 0 Å². The second-order valence-electron chi connectivity index (χ2n) is 5.70. The van der Waals surface area contributed by atoms with E-state index in [4.69, 9.17) is 14.2 Å². The number of aliphatic hydroxyl groups excluding tert-OH is 1. The monoisotopic (exact) mass is 377 g/mol. The van der Waals surface area contributed by atoms with Crippen LogP contribution in [0.5, 0.6) is 11.5 Å². The zero-order valence-corrected chi connectivity index (χ0v) is 15.2. The Hall–Kier alpha value is -2.64. The summed E-state index contributed by atoms with van der Waals surface area (Å²) in [4.78, 5) is 11.7. The minimum Gasteiger partial charge on any atom is -0.491 e. The standard InChI is InChI=1S/C20H24FNO5/c1-2-25-20(24)15-6-5-7-17(12-15)27-14-16(23)13-22-10-11-26-19-9-4-3-8-18(19)21/h3-9,12,16,22-23H,2,10-11,13-14H2,1H3/t16-/m0/s1. The van der Waals surface area contributed by atoms with E-state index in [1.165, 1.54) is 6.07 Å². The third kappa shape index (κ3) is 7.24. The van der Waals surface area contributed by atoms with E-state index in [2.05, 4.69) is 5.32 Å². The van der Waals surface area contributed by atoms with Gasteiger partial charge in [0, 0.05) is 13.1 Å². The van der Waals surface area contributed by atoms with Crippen LogP contribution in [-0.4, -0.2) is 50.1 Å². The molecule has 2 rings (SSSR count). The molecule has 0 saturated carbocycles. The molecule has 2 aromatic rings. The van der Waals surface area contributed by atoms with Gasteiger partial charge in [-0.1, -0.05) is 18.2 Å². The third-order valence-corrected chi connectivity index (χ3v) is 3.54. The third-order valence-electron chi connectivity index (χ3n) is 3.54. The highest BCUT2D eigenvalue weighted by atomic mass is 19.1. The SMILES string of the molecule is CCOC(=O)c1cccc(OC[C@@H](O)CNCCOc2ccccc2F)c1. The van der Waals surface area contributed by atoms with Gasteiger partial charge >= 0.3 is 5.97 Å². The lowest BCUT2D eigenvalue weighted by molar-refractivity contribution is 0.0525. The molecule has 146 valence electrons. The van der Waals surface area contributed by atoms with Crippen molar-refractivity contribution in [1.82, 2.24) is 5.32 Å². The van der Waals surface area contributed by atoms with E-state index in [9.17, 15) is 14.3 Å². The number of aliphatic hydroxyl groups is 1. The Labute approximate surface area is 157 Å². The molecular formula is C20H24FNO5. The molecule has 6 nitrogen and oxygen atoms in total. The first-order valence-corrected chi connectivity index (χ1v) is 8.76. The van der Waals surface area contributed by atoms with Gasteiger partial charge in [0.05, 0.1) is 12.2 Å². The summed E-state index contributed by atoms with van der Waals surface area (Å²) in [7, 11) is 0. The van der Waals surface area contributed by atoms with Gasteiger partial charge in [-0.15, -0.1) is 0 Å². The summed E-state index contributed by atoms with van der Waals surface area (Å²) >= 11 is 0. The number of nitrogens with one attached hydrogen (secondary N) is 1. The van der Waals surface area contributed by atoms with Crippen molar-refractivity contribution in [3.05, 3.63) is 59.9 Å². The van der Waals surface area contributed by atoms with Gasteiger partial charge in [-0.3, -0.25) is 0 Å². The highest BCUT2D eigenvalue weighted by Crippen LogP contribution is 2.15. The minimum absolute atomic E-state index is 0.0629. The summed E-state index contributed by atoms with van der Waals surface area (Å²) < 4.78 is 29.1. The predicted octanol–water partition coefficient (Wildman–Crippen LogP) is 2.41. The number of rotatable bonds is 11. The fourth-order valence-electron chi connectivity index (χ4n) is 2.24. The smallest absolute Gasteiger partial charge is 0.338 e. The largest absolute Gasteiger partial charge is 0.491 e. The maximum atomic E-state index is 13.4. The fourth-order valence-corrected chi connectivity index (χ4v) is 2.24. The van der Waals surface area contributed by atoms with Crippen LogP contribution in [0.2, 0.25) is 0 Å². The molecule has 0 heterocycles. The number of para-hydroxylation sites is 1. The van der Waals surface area contributed by atoms with Crippen LogP contribution >= 0.6 is 0 Å². The summed E-state index contributed by atoms with van der Waals surface area (Å²) in [5.41, 5.74) is 0.396. The number of esters is 1. The Morgan fingerprint density at radius 2 is 2.00 bits per heavy atom. The number of hydrogen-bond acceptors (Lipinski definition) is 6. The lowest BCUT2D eigenvalue weighted by Gasteiger charge is -2.14. The van der Waals surface area contributed by atoms with Gasteiger partial charge in [-0.2, -0.15) is 0 Å². The topological polar surface area (TPSA) is 77.0 Å². The molecule has 7 heteroatoms. The number of carbonyl (C=O) groups is 1. The first-order valence-electron chi connectivity index (χ1n) is 8.76. The van der Waals surface area contributed by atoms with Gasteiger partial charge in [-0.05, 0) is 37.3 Å². The molecule has 0 spiro atoms. The predicted molar refractivity (Wildman–Crippen MR) is 98.7 cm³/mol. The van der Waals surface area contributed by atoms with E-state index in [1.54, 1.807) is 49.4 Å². The van der Waals surface area contributed by atoms with Crippen LogP contribution < -0.4 is 14.8 Å². The molecule has 0 aliphatic heterocycles. The molecule has 2 aromatic carbocycles. The molecule has 2 N–H and O–H groups in total. The average molecular weight is 377 g/mol. The molecule has 0 aromatic heterocycles. The van der Waals surface area contributed by atoms with Crippen molar-refractivity contribution < 1.29 is 28.5 Å².